The molecule has 2 aromatic heterocycles. The van der Waals surface area contributed by atoms with Gasteiger partial charge in [0.25, 0.3) is 0 Å². The van der Waals surface area contributed by atoms with Crippen LogP contribution < -0.4 is 4.90 Å². The number of piperidine rings is 1. The van der Waals surface area contributed by atoms with Crippen LogP contribution in [0.25, 0.3) is 11.0 Å². The third kappa shape index (κ3) is 4.35. The van der Waals surface area contributed by atoms with Crippen molar-refractivity contribution in [2.45, 2.75) is 57.1 Å². The SMILES string of the molecule is Cc1cc2c(N3CCc4cc(S(C)(=O)=O)ccc43)ncnc2n1C1CCN(C(=O)OC(C)C)CC1. The lowest BCUT2D eigenvalue weighted by Crippen LogP contribution is -2.40. The fraction of sp³-hybridized carbons (Fsp3) is 0.480. The first kappa shape index (κ1) is 23.6. The maximum Gasteiger partial charge on any atom is 0.410 e. The summed E-state index contributed by atoms with van der Waals surface area (Å²) in [6.45, 7) is 7.84. The largest absolute Gasteiger partial charge is 0.447 e. The van der Waals surface area contributed by atoms with Gasteiger partial charge in [-0.1, -0.05) is 0 Å². The number of aromatic nitrogens is 3. The normalized spacial score (nSPS) is 16.8. The molecule has 1 saturated heterocycles. The van der Waals surface area contributed by atoms with Crippen molar-refractivity contribution in [1.82, 2.24) is 19.4 Å². The van der Waals surface area contributed by atoms with Crippen molar-refractivity contribution in [3.8, 4) is 0 Å². The Morgan fingerprint density at radius 3 is 2.54 bits per heavy atom. The van der Waals surface area contributed by atoms with E-state index in [9.17, 15) is 13.2 Å². The topological polar surface area (TPSA) is 97.6 Å². The summed E-state index contributed by atoms with van der Waals surface area (Å²) in [4.78, 5) is 25.8. The molecular formula is C25H31N5O4S. The summed E-state index contributed by atoms with van der Waals surface area (Å²) in [5.41, 5.74) is 3.99. The number of benzene rings is 1. The molecule has 9 nitrogen and oxygen atoms in total. The van der Waals surface area contributed by atoms with Crippen molar-refractivity contribution < 1.29 is 17.9 Å². The molecule has 1 aromatic carbocycles. The number of carbonyl (C=O) groups is 1. The summed E-state index contributed by atoms with van der Waals surface area (Å²) in [6.07, 6.45) is 4.89. The van der Waals surface area contributed by atoms with Crippen molar-refractivity contribution >= 4 is 38.5 Å². The molecule has 0 atom stereocenters. The van der Waals surface area contributed by atoms with E-state index in [1.54, 1.807) is 23.4 Å². The fourth-order valence-electron chi connectivity index (χ4n) is 5.23. The van der Waals surface area contributed by atoms with Gasteiger partial charge in [-0.3, -0.25) is 0 Å². The maximum atomic E-state index is 12.3. The smallest absolute Gasteiger partial charge is 0.410 e. The molecule has 1 amide bonds. The maximum absolute atomic E-state index is 12.3. The van der Waals surface area contributed by atoms with E-state index in [4.69, 9.17) is 4.74 Å². The fourth-order valence-corrected chi connectivity index (χ4v) is 5.90. The van der Waals surface area contributed by atoms with E-state index in [0.717, 1.165) is 59.6 Å². The van der Waals surface area contributed by atoms with Gasteiger partial charge in [-0.2, -0.15) is 0 Å². The highest BCUT2D eigenvalue weighted by Crippen LogP contribution is 2.39. The van der Waals surface area contributed by atoms with Gasteiger partial charge in [0.2, 0.25) is 0 Å². The minimum absolute atomic E-state index is 0.125. The third-order valence-corrected chi connectivity index (χ3v) is 7.97. The number of aryl methyl sites for hydroxylation is 1. The van der Waals surface area contributed by atoms with Gasteiger partial charge >= 0.3 is 6.09 Å². The van der Waals surface area contributed by atoms with E-state index in [2.05, 4.69) is 32.4 Å². The van der Waals surface area contributed by atoms with Crippen molar-refractivity contribution in [3.05, 3.63) is 41.9 Å². The van der Waals surface area contributed by atoms with E-state index in [1.165, 1.54) is 6.26 Å². The molecule has 0 aliphatic carbocycles. The van der Waals surface area contributed by atoms with Crippen molar-refractivity contribution in [3.63, 3.8) is 0 Å². The Kier molecular flexibility index (Phi) is 5.94. The molecule has 2 aliphatic rings. The van der Waals surface area contributed by atoms with Gasteiger partial charge in [0.1, 0.15) is 17.8 Å². The second kappa shape index (κ2) is 8.82. The van der Waals surface area contributed by atoms with Gasteiger partial charge in [-0.25, -0.2) is 23.2 Å². The van der Waals surface area contributed by atoms with Gasteiger partial charge in [0.15, 0.2) is 9.84 Å². The summed E-state index contributed by atoms with van der Waals surface area (Å²) in [5.74, 6) is 0.834. The van der Waals surface area contributed by atoms with Crippen molar-refractivity contribution in [1.29, 1.82) is 0 Å². The highest BCUT2D eigenvalue weighted by Gasteiger charge is 2.29. The molecule has 0 spiro atoms. The number of hydrogen-bond acceptors (Lipinski definition) is 7. The van der Waals surface area contributed by atoms with Gasteiger partial charge < -0.3 is 19.1 Å². The quantitative estimate of drug-likeness (QED) is 0.537. The van der Waals surface area contributed by atoms with Crippen LogP contribution in [-0.4, -0.2) is 65.9 Å². The number of ether oxygens (including phenoxy) is 1. The first-order valence-corrected chi connectivity index (χ1v) is 13.9. The highest BCUT2D eigenvalue weighted by molar-refractivity contribution is 7.90. The molecule has 0 unspecified atom stereocenters. The summed E-state index contributed by atoms with van der Waals surface area (Å²) in [7, 11) is -3.25. The Hall–Kier alpha value is -3.14. The van der Waals surface area contributed by atoms with Crippen LogP contribution in [0.15, 0.2) is 35.5 Å². The number of hydrogen-bond donors (Lipinski definition) is 0. The van der Waals surface area contributed by atoms with Gasteiger partial charge in [0, 0.05) is 43.3 Å². The molecule has 186 valence electrons. The van der Waals surface area contributed by atoms with E-state index in [1.807, 2.05) is 19.9 Å². The first-order valence-electron chi connectivity index (χ1n) is 12.0. The van der Waals surface area contributed by atoms with Gasteiger partial charge in [-0.05, 0) is 69.9 Å². The summed E-state index contributed by atoms with van der Waals surface area (Å²) in [5, 5.41) is 0.978. The minimum Gasteiger partial charge on any atom is -0.447 e. The average molecular weight is 498 g/mol. The molecule has 4 heterocycles. The number of rotatable bonds is 4. The first-order chi connectivity index (χ1) is 16.6. The Balaban J connectivity index is 1.43. The van der Waals surface area contributed by atoms with Crippen LogP contribution in [0.5, 0.6) is 0 Å². The summed E-state index contributed by atoms with van der Waals surface area (Å²) < 4.78 is 31.6. The van der Waals surface area contributed by atoms with Crippen LogP contribution in [0.1, 0.15) is 44.0 Å². The Morgan fingerprint density at radius 1 is 1.11 bits per heavy atom. The molecule has 0 saturated carbocycles. The second-order valence-corrected chi connectivity index (χ2v) is 11.7. The predicted octanol–water partition coefficient (Wildman–Crippen LogP) is 4.02. The Morgan fingerprint density at radius 2 is 1.86 bits per heavy atom. The number of nitrogens with zero attached hydrogens (tertiary/aromatic N) is 5. The zero-order valence-corrected chi connectivity index (χ0v) is 21.4. The predicted molar refractivity (Wildman–Crippen MR) is 134 cm³/mol. The lowest BCUT2D eigenvalue weighted by molar-refractivity contribution is 0.0662. The van der Waals surface area contributed by atoms with Crippen LogP contribution >= 0.6 is 0 Å². The molecule has 3 aromatic rings. The number of sulfone groups is 1. The molecule has 2 aliphatic heterocycles. The van der Waals surface area contributed by atoms with Crippen LogP contribution in [-0.2, 0) is 21.0 Å². The van der Waals surface area contributed by atoms with Gasteiger partial charge in [-0.15, -0.1) is 0 Å². The third-order valence-electron chi connectivity index (χ3n) is 6.86. The second-order valence-electron chi connectivity index (χ2n) is 9.71. The van der Waals surface area contributed by atoms with Crippen molar-refractivity contribution in [2.24, 2.45) is 0 Å². The van der Waals surface area contributed by atoms with E-state index in [0.29, 0.717) is 18.0 Å². The number of anilines is 2. The zero-order chi connectivity index (χ0) is 24.9. The lowest BCUT2D eigenvalue weighted by atomic mass is 10.0. The minimum atomic E-state index is -3.25. The highest BCUT2D eigenvalue weighted by atomic mass is 32.2. The van der Waals surface area contributed by atoms with Crippen LogP contribution in [0.3, 0.4) is 0 Å². The number of carbonyl (C=O) groups excluding carboxylic acids is 1. The molecule has 10 heteroatoms. The van der Waals surface area contributed by atoms with Crippen LogP contribution in [0, 0.1) is 6.92 Å². The van der Waals surface area contributed by atoms with Crippen LogP contribution in [0.2, 0.25) is 0 Å². The molecule has 35 heavy (non-hydrogen) atoms. The molecular weight excluding hydrogens is 466 g/mol. The standard InChI is InChI=1S/C25H31N5O4S/c1-16(2)34-25(31)28-10-8-19(9-11-28)30-17(3)13-21-23(26-15-27-24(21)30)29-12-7-18-14-20(35(4,32)33)5-6-22(18)29/h5-6,13-16,19H,7-12H2,1-4H3. The average Bonchev–Trinajstić information content (AvgIpc) is 3.37. The van der Waals surface area contributed by atoms with Gasteiger partial charge in [0.05, 0.1) is 16.4 Å². The molecule has 1 fully saturated rings. The van der Waals surface area contributed by atoms with E-state index >= 15 is 0 Å². The van der Waals surface area contributed by atoms with E-state index in [-0.39, 0.29) is 18.2 Å². The van der Waals surface area contributed by atoms with Crippen LogP contribution in [0.4, 0.5) is 16.3 Å². The number of amides is 1. The number of likely N-dealkylation sites (tertiary alicyclic amines) is 1. The molecule has 5 rings (SSSR count). The van der Waals surface area contributed by atoms with E-state index < -0.39 is 9.84 Å². The summed E-state index contributed by atoms with van der Waals surface area (Å²) in [6, 6.07) is 7.69. The lowest BCUT2D eigenvalue weighted by Gasteiger charge is -2.33. The van der Waals surface area contributed by atoms with Crippen molar-refractivity contribution in [2.75, 3.05) is 30.8 Å². The zero-order valence-electron chi connectivity index (χ0n) is 20.6. The molecule has 0 bridgehead atoms. The monoisotopic (exact) mass is 497 g/mol. The summed E-state index contributed by atoms with van der Waals surface area (Å²) >= 11 is 0. The molecule has 0 radical (unpaired) electrons. The Bertz CT molecular complexity index is 1390. The molecule has 0 N–H and O–H groups in total. The number of fused-ring (bicyclic) bond motifs is 2. The Labute approximate surface area is 205 Å².